The number of carbonyl (C=O) groups is 1. The largest absolute Gasteiger partial charge is 0.454 e. The van der Waals surface area contributed by atoms with Gasteiger partial charge in [-0.05, 0) is 18.2 Å². The van der Waals surface area contributed by atoms with Gasteiger partial charge in [0.1, 0.15) is 17.8 Å². The average Bonchev–Trinajstić information content (AvgIpc) is 2.56. The molecular formula is C16H11ClN4O2. The van der Waals surface area contributed by atoms with E-state index in [2.05, 4.69) is 19.9 Å². The summed E-state index contributed by atoms with van der Waals surface area (Å²) < 4.78 is 5.58. The fraction of sp³-hybridized carbons (Fsp3) is 0.0625. The molecule has 0 amide bonds. The minimum Gasteiger partial charge on any atom is -0.454 e. The number of hydrogen-bond acceptors (Lipinski definition) is 6. The molecule has 0 saturated heterocycles. The summed E-state index contributed by atoms with van der Waals surface area (Å²) in [6.45, 7) is 0. The summed E-state index contributed by atoms with van der Waals surface area (Å²) in [5.74, 6) is 0.792. The second-order valence-electron chi connectivity index (χ2n) is 4.62. The zero-order chi connectivity index (χ0) is 16.1. The molecule has 0 aliphatic rings. The highest BCUT2D eigenvalue weighted by Gasteiger charge is 2.11. The Kier molecular flexibility index (Phi) is 4.54. The van der Waals surface area contributed by atoms with E-state index in [9.17, 15) is 4.79 Å². The molecule has 6 nitrogen and oxygen atoms in total. The van der Waals surface area contributed by atoms with Gasteiger partial charge in [0.15, 0.2) is 11.5 Å². The lowest BCUT2D eigenvalue weighted by molar-refractivity contribution is 0.0987. The second-order valence-corrected chi connectivity index (χ2v) is 5.05. The van der Waals surface area contributed by atoms with E-state index < -0.39 is 0 Å². The number of Topliss-reactive ketones (excluding diaryl/α,β-unsaturated/α-hetero) is 1. The van der Waals surface area contributed by atoms with E-state index in [-0.39, 0.29) is 12.2 Å². The van der Waals surface area contributed by atoms with Gasteiger partial charge in [-0.3, -0.25) is 14.8 Å². The van der Waals surface area contributed by atoms with Crippen LogP contribution in [0.25, 0.3) is 0 Å². The number of hydrogen-bond donors (Lipinski definition) is 0. The lowest BCUT2D eigenvalue weighted by Gasteiger charge is -2.06. The molecule has 23 heavy (non-hydrogen) atoms. The summed E-state index contributed by atoms with van der Waals surface area (Å²) in [6, 6.07) is 6.53. The zero-order valence-corrected chi connectivity index (χ0v) is 12.6. The van der Waals surface area contributed by atoms with Crippen molar-refractivity contribution in [3.8, 4) is 11.5 Å². The number of carbonyl (C=O) groups excluding carboxylic acids is 1. The molecule has 0 bridgehead atoms. The van der Waals surface area contributed by atoms with Crippen molar-refractivity contribution in [3.05, 3.63) is 71.8 Å². The van der Waals surface area contributed by atoms with E-state index in [0.29, 0.717) is 27.9 Å². The molecule has 3 aromatic heterocycles. The molecule has 0 radical (unpaired) electrons. The fourth-order valence-corrected chi connectivity index (χ4v) is 2.08. The van der Waals surface area contributed by atoms with Crippen LogP contribution in [0, 0.1) is 0 Å². The summed E-state index contributed by atoms with van der Waals surface area (Å²) in [5, 5.41) is 0.539. The molecule has 114 valence electrons. The summed E-state index contributed by atoms with van der Waals surface area (Å²) in [4.78, 5) is 28.2. The second kappa shape index (κ2) is 6.93. The van der Waals surface area contributed by atoms with Gasteiger partial charge < -0.3 is 4.74 Å². The topological polar surface area (TPSA) is 77.9 Å². The van der Waals surface area contributed by atoms with Crippen LogP contribution < -0.4 is 4.74 Å². The van der Waals surface area contributed by atoms with E-state index >= 15 is 0 Å². The Bertz CT molecular complexity index is 827. The first-order chi connectivity index (χ1) is 11.2. The van der Waals surface area contributed by atoms with E-state index in [1.54, 1.807) is 30.5 Å². The van der Waals surface area contributed by atoms with Gasteiger partial charge in [0.2, 0.25) is 0 Å². The third-order valence-corrected chi connectivity index (χ3v) is 3.15. The number of pyridine rings is 2. The molecule has 3 heterocycles. The highest BCUT2D eigenvalue weighted by Crippen LogP contribution is 2.20. The van der Waals surface area contributed by atoms with Crippen molar-refractivity contribution in [1.82, 2.24) is 19.9 Å². The van der Waals surface area contributed by atoms with E-state index in [1.807, 2.05) is 0 Å². The third-order valence-electron chi connectivity index (χ3n) is 2.91. The van der Waals surface area contributed by atoms with Crippen molar-refractivity contribution in [3.63, 3.8) is 0 Å². The van der Waals surface area contributed by atoms with Crippen LogP contribution in [0.15, 0.2) is 55.4 Å². The van der Waals surface area contributed by atoms with E-state index in [0.717, 1.165) is 0 Å². The maximum atomic E-state index is 12.3. The predicted octanol–water partition coefficient (Wildman–Crippen LogP) is 3.14. The summed E-state index contributed by atoms with van der Waals surface area (Å²) in [7, 11) is 0. The van der Waals surface area contributed by atoms with E-state index in [4.69, 9.17) is 16.3 Å². The first-order valence-electron chi connectivity index (χ1n) is 6.73. The SMILES string of the molecule is O=C(Cc1cc(Cl)ccn1)c1cc(Oc2cncnc2)ccn1. The molecule has 3 rings (SSSR count). The minimum atomic E-state index is -0.172. The van der Waals surface area contributed by atoms with Gasteiger partial charge in [0, 0.05) is 29.2 Å². The predicted molar refractivity (Wildman–Crippen MR) is 83.6 cm³/mol. The Morgan fingerprint density at radius 3 is 2.61 bits per heavy atom. The Balaban J connectivity index is 1.75. The molecule has 0 spiro atoms. The van der Waals surface area contributed by atoms with Crippen molar-refractivity contribution in [2.45, 2.75) is 6.42 Å². The highest BCUT2D eigenvalue weighted by atomic mass is 35.5. The summed E-state index contributed by atoms with van der Waals surface area (Å²) >= 11 is 5.89. The smallest absolute Gasteiger partial charge is 0.187 e. The third kappa shape index (κ3) is 4.08. The summed E-state index contributed by atoms with van der Waals surface area (Å²) in [5.41, 5.74) is 0.883. The molecular weight excluding hydrogens is 316 g/mol. The van der Waals surface area contributed by atoms with Crippen molar-refractivity contribution >= 4 is 17.4 Å². The zero-order valence-electron chi connectivity index (χ0n) is 11.9. The number of ketones is 1. The normalized spacial score (nSPS) is 10.3. The lowest BCUT2D eigenvalue weighted by atomic mass is 10.1. The Labute approximate surface area is 137 Å². The Morgan fingerprint density at radius 2 is 1.83 bits per heavy atom. The Morgan fingerprint density at radius 1 is 1.04 bits per heavy atom. The number of aromatic nitrogens is 4. The Hall–Kier alpha value is -2.86. The maximum Gasteiger partial charge on any atom is 0.187 e. The molecule has 0 aliphatic carbocycles. The van der Waals surface area contributed by atoms with Gasteiger partial charge in [-0.25, -0.2) is 9.97 Å². The van der Waals surface area contributed by atoms with Crippen LogP contribution in [-0.4, -0.2) is 25.7 Å². The monoisotopic (exact) mass is 326 g/mol. The number of rotatable bonds is 5. The molecule has 0 N–H and O–H groups in total. The van der Waals surface area contributed by atoms with Crippen LogP contribution in [0.3, 0.4) is 0 Å². The molecule has 0 saturated carbocycles. The number of nitrogens with zero attached hydrogens (tertiary/aromatic N) is 4. The molecule has 0 atom stereocenters. The summed E-state index contributed by atoms with van der Waals surface area (Å²) in [6.07, 6.45) is 7.67. The van der Waals surface area contributed by atoms with Crippen LogP contribution in [0.4, 0.5) is 0 Å². The van der Waals surface area contributed by atoms with Crippen LogP contribution in [0.2, 0.25) is 5.02 Å². The van der Waals surface area contributed by atoms with Crippen molar-refractivity contribution in [2.24, 2.45) is 0 Å². The van der Waals surface area contributed by atoms with Gasteiger partial charge in [-0.2, -0.15) is 0 Å². The molecule has 0 aromatic carbocycles. The van der Waals surface area contributed by atoms with Gasteiger partial charge >= 0.3 is 0 Å². The average molecular weight is 327 g/mol. The lowest BCUT2D eigenvalue weighted by Crippen LogP contribution is -2.07. The van der Waals surface area contributed by atoms with Crippen molar-refractivity contribution in [1.29, 1.82) is 0 Å². The van der Waals surface area contributed by atoms with Gasteiger partial charge in [-0.1, -0.05) is 11.6 Å². The quantitative estimate of drug-likeness (QED) is 0.670. The van der Waals surface area contributed by atoms with Gasteiger partial charge in [-0.15, -0.1) is 0 Å². The number of ether oxygens (including phenoxy) is 1. The first kappa shape index (κ1) is 15.1. The van der Waals surface area contributed by atoms with Crippen molar-refractivity contribution < 1.29 is 9.53 Å². The maximum absolute atomic E-state index is 12.3. The molecule has 0 fully saturated rings. The van der Waals surface area contributed by atoms with Crippen LogP contribution in [0.5, 0.6) is 11.5 Å². The van der Waals surface area contributed by atoms with Gasteiger partial charge in [0.05, 0.1) is 18.8 Å². The molecule has 0 unspecified atom stereocenters. The molecule has 3 aromatic rings. The van der Waals surface area contributed by atoms with Crippen LogP contribution in [0.1, 0.15) is 16.2 Å². The van der Waals surface area contributed by atoms with Crippen molar-refractivity contribution in [2.75, 3.05) is 0 Å². The standard InChI is InChI=1S/C16H11ClN4O2/c17-11-1-3-20-12(5-11)6-16(22)15-7-13(2-4-21-15)23-14-8-18-10-19-9-14/h1-5,7-10H,6H2. The highest BCUT2D eigenvalue weighted by molar-refractivity contribution is 6.30. The van der Waals surface area contributed by atoms with Crippen LogP contribution in [-0.2, 0) is 6.42 Å². The molecule has 7 heteroatoms. The molecule has 0 aliphatic heterocycles. The first-order valence-corrected chi connectivity index (χ1v) is 7.11. The van der Waals surface area contributed by atoms with Gasteiger partial charge in [0.25, 0.3) is 0 Å². The van der Waals surface area contributed by atoms with Crippen LogP contribution >= 0.6 is 11.6 Å². The fourth-order valence-electron chi connectivity index (χ4n) is 1.90. The van der Waals surface area contributed by atoms with E-state index in [1.165, 1.54) is 24.9 Å². The number of halogens is 1. The minimum absolute atomic E-state index is 0.117.